The van der Waals surface area contributed by atoms with Crippen LogP contribution in [0.1, 0.15) is 48.1 Å². The molecule has 5 nitrogen and oxygen atoms in total. The number of sulfonamides is 1. The lowest BCUT2D eigenvalue weighted by atomic mass is 9.89. The molecule has 0 aromatic heterocycles. The van der Waals surface area contributed by atoms with E-state index in [-0.39, 0.29) is 23.4 Å². The van der Waals surface area contributed by atoms with E-state index in [1.54, 1.807) is 48.5 Å². The highest BCUT2D eigenvalue weighted by Gasteiger charge is 2.27. The van der Waals surface area contributed by atoms with E-state index in [4.69, 9.17) is 0 Å². The molecule has 33 heavy (non-hydrogen) atoms. The second-order valence-electron chi connectivity index (χ2n) is 8.69. The average molecular weight is 463 g/mol. The second kappa shape index (κ2) is 9.79. The van der Waals surface area contributed by atoms with Crippen molar-refractivity contribution in [3.8, 4) is 0 Å². The molecule has 0 saturated heterocycles. The Bertz CT molecular complexity index is 1240. The molecule has 0 radical (unpaired) electrons. The molecule has 0 fully saturated rings. The molecule has 1 aliphatic carbocycles. The molecule has 0 saturated carbocycles. The molecular weight excluding hydrogens is 432 g/mol. The van der Waals surface area contributed by atoms with Crippen molar-refractivity contribution in [3.05, 3.63) is 95.1 Å². The van der Waals surface area contributed by atoms with Gasteiger partial charge in [0, 0.05) is 0 Å². The number of rotatable bonds is 7. The summed E-state index contributed by atoms with van der Waals surface area (Å²) in [6.07, 6.45) is 4.60. The fraction of sp³-hybridized carbons (Fsp3) is 0.296. The number of carbonyl (C=O) groups excluding carboxylic acids is 1. The maximum Gasteiger partial charge on any atom is 0.264 e. The van der Waals surface area contributed by atoms with Crippen molar-refractivity contribution >= 4 is 21.6 Å². The van der Waals surface area contributed by atoms with E-state index in [0.717, 1.165) is 24.0 Å². The highest BCUT2D eigenvalue weighted by Crippen LogP contribution is 2.26. The summed E-state index contributed by atoms with van der Waals surface area (Å²) in [5.41, 5.74) is 5.17. The number of aryl methyl sites for hydroxylation is 3. The van der Waals surface area contributed by atoms with Crippen molar-refractivity contribution in [2.45, 2.75) is 50.5 Å². The summed E-state index contributed by atoms with van der Waals surface area (Å²) < 4.78 is 28.1. The van der Waals surface area contributed by atoms with Gasteiger partial charge in [-0.2, -0.15) is 0 Å². The molecule has 4 rings (SSSR count). The number of anilines is 1. The van der Waals surface area contributed by atoms with Crippen molar-refractivity contribution in [2.75, 3.05) is 10.8 Å². The Morgan fingerprint density at radius 1 is 0.939 bits per heavy atom. The SMILES string of the molecule is Cc1cccc(N(CC(=O)N[C@@H](C)c2ccc3c(c2)CCCC3)S(=O)(=O)c2ccccc2)c1. The van der Waals surface area contributed by atoms with Gasteiger partial charge < -0.3 is 5.32 Å². The third-order valence-electron chi connectivity index (χ3n) is 6.16. The zero-order valence-electron chi connectivity index (χ0n) is 19.1. The van der Waals surface area contributed by atoms with Gasteiger partial charge in [0.05, 0.1) is 16.6 Å². The standard InChI is InChI=1S/C27H30N2O3S/c1-20-9-8-12-25(17-20)29(33(31,32)26-13-4-3-5-14-26)19-27(30)28-21(2)23-16-15-22-10-6-7-11-24(22)18-23/h3-5,8-9,12-18,21H,6-7,10-11,19H2,1-2H3,(H,28,30)/t21-/m0/s1. The summed E-state index contributed by atoms with van der Waals surface area (Å²) in [6.45, 7) is 3.54. The topological polar surface area (TPSA) is 66.5 Å². The molecule has 0 unspecified atom stereocenters. The molecule has 1 aliphatic rings. The number of benzene rings is 3. The predicted molar refractivity (Wildman–Crippen MR) is 132 cm³/mol. The summed E-state index contributed by atoms with van der Waals surface area (Å²) in [6, 6.07) is 21.6. The lowest BCUT2D eigenvalue weighted by Gasteiger charge is -2.26. The van der Waals surface area contributed by atoms with Gasteiger partial charge in [-0.05, 0) is 86.1 Å². The Morgan fingerprint density at radius 3 is 2.39 bits per heavy atom. The highest BCUT2D eigenvalue weighted by atomic mass is 32.2. The van der Waals surface area contributed by atoms with Gasteiger partial charge in [0.2, 0.25) is 5.91 Å². The number of fused-ring (bicyclic) bond motifs is 1. The van der Waals surface area contributed by atoms with Crippen molar-refractivity contribution < 1.29 is 13.2 Å². The Labute approximate surface area is 196 Å². The van der Waals surface area contributed by atoms with Crippen LogP contribution in [0.4, 0.5) is 5.69 Å². The minimum Gasteiger partial charge on any atom is -0.348 e. The summed E-state index contributed by atoms with van der Waals surface area (Å²) >= 11 is 0. The van der Waals surface area contributed by atoms with E-state index < -0.39 is 10.0 Å². The first-order chi connectivity index (χ1) is 15.8. The maximum absolute atomic E-state index is 13.4. The van der Waals surface area contributed by atoms with Crippen LogP contribution >= 0.6 is 0 Å². The van der Waals surface area contributed by atoms with Crippen molar-refractivity contribution in [1.82, 2.24) is 5.32 Å². The molecule has 172 valence electrons. The Hall–Kier alpha value is -3.12. The van der Waals surface area contributed by atoms with Gasteiger partial charge in [-0.1, -0.05) is 48.5 Å². The molecule has 3 aromatic carbocycles. The van der Waals surface area contributed by atoms with Crippen molar-refractivity contribution in [1.29, 1.82) is 0 Å². The number of nitrogens with one attached hydrogen (secondary N) is 1. The molecule has 6 heteroatoms. The Kier molecular flexibility index (Phi) is 6.84. The molecule has 0 spiro atoms. The van der Waals surface area contributed by atoms with E-state index in [2.05, 4.69) is 23.5 Å². The van der Waals surface area contributed by atoms with Crippen LogP contribution in [-0.4, -0.2) is 20.9 Å². The predicted octanol–water partition coefficient (Wildman–Crippen LogP) is 4.95. The molecular formula is C27H30N2O3S. The largest absolute Gasteiger partial charge is 0.348 e. The zero-order valence-corrected chi connectivity index (χ0v) is 19.9. The summed E-state index contributed by atoms with van der Waals surface area (Å²) in [5, 5.41) is 3.00. The highest BCUT2D eigenvalue weighted by molar-refractivity contribution is 7.92. The third kappa shape index (κ3) is 5.28. The van der Waals surface area contributed by atoms with E-state index in [9.17, 15) is 13.2 Å². The van der Waals surface area contributed by atoms with Crippen LogP contribution in [0.15, 0.2) is 77.7 Å². The van der Waals surface area contributed by atoms with Crippen LogP contribution in [0.3, 0.4) is 0 Å². The van der Waals surface area contributed by atoms with Gasteiger partial charge >= 0.3 is 0 Å². The Morgan fingerprint density at radius 2 is 1.67 bits per heavy atom. The Balaban J connectivity index is 1.56. The van der Waals surface area contributed by atoms with Crippen molar-refractivity contribution in [2.24, 2.45) is 0 Å². The van der Waals surface area contributed by atoms with Gasteiger partial charge in [-0.3, -0.25) is 9.10 Å². The van der Waals surface area contributed by atoms with Gasteiger partial charge in [-0.15, -0.1) is 0 Å². The first kappa shape index (κ1) is 23.1. The van der Waals surface area contributed by atoms with Crippen molar-refractivity contribution in [3.63, 3.8) is 0 Å². The number of carbonyl (C=O) groups is 1. The molecule has 1 N–H and O–H groups in total. The van der Waals surface area contributed by atoms with E-state index in [1.165, 1.54) is 28.3 Å². The minimum atomic E-state index is -3.91. The average Bonchev–Trinajstić information content (AvgIpc) is 2.82. The number of hydrogen-bond donors (Lipinski definition) is 1. The number of amides is 1. The minimum absolute atomic E-state index is 0.155. The molecule has 0 heterocycles. The molecule has 1 atom stereocenters. The molecule has 0 aliphatic heterocycles. The lowest BCUT2D eigenvalue weighted by Crippen LogP contribution is -2.41. The quantitative estimate of drug-likeness (QED) is 0.540. The number of hydrogen-bond acceptors (Lipinski definition) is 3. The van der Waals surface area contributed by atoms with Crippen LogP contribution in [0.25, 0.3) is 0 Å². The smallest absolute Gasteiger partial charge is 0.264 e. The van der Waals surface area contributed by atoms with E-state index >= 15 is 0 Å². The molecule has 0 bridgehead atoms. The summed E-state index contributed by atoms with van der Waals surface area (Å²) in [5.74, 6) is -0.346. The van der Waals surface area contributed by atoms with Gasteiger partial charge in [-0.25, -0.2) is 8.42 Å². The maximum atomic E-state index is 13.4. The van der Waals surface area contributed by atoms with Crippen LogP contribution in [0, 0.1) is 6.92 Å². The first-order valence-electron chi connectivity index (χ1n) is 11.4. The fourth-order valence-corrected chi connectivity index (χ4v) is 5.78. The lowest BCUT2D eigenvalue weighted by molar-refractivity contribution is -0.120. The molecule has 1 amide bonds. The summed E-state index contributed by atoms with van der Waals surface area (Å²) in [7, 11) is -3.91. The van der Waals surface area contributed by atoms with E-state index in [0.29, 0.717) is 5.69 Å². The van der Waals surface area contributed by atoms with Gasteiger partial charge in [0.1, 0.15) is 6.54 Å². The monoisotopic (exact) mass is 462 g/mol. The zero-order chi connectivity index (χ0) is 23.4. The van der Waals surface area contributed by atoms with Crippen LogP contribution in [0.5, 0.6) is 0 Å². The van der Waals surface area contributed by atoms with Gasteiger partial charge in [0.25, 0.3) is 10.0 Å². The molecule has 3 aromatic rings. The normalized spacial score (nSPS) is 14.2. The van der Waals surface area contributed by atoms with Crippen LogP contribution in [-0.2, 0) is 27.7 Å². The third-order valence-corrected chi connectivity index (χ3v) is 7.95. The summed E-state index contributed by atoms with van der Waals surface area (Å²) in [4.78, 5) is 13.2. The van der Waals surface area contributed by atoms with Crippen LogP contribution < -0.4 is 9.62 Å². The fourth-order valence-electron chi connectivity index (χ4n) is 4.34. The first-order valence-corrected chi connectivity index (χ1v) is 12.8. The number of nitrogens with zero attached hydrogens (tertiary/aromatic N) is 1. The second-order valence-corrected chi connectivity index (χ2v) is 10.6. The van der Waals surface area contributed by atoms with E-state index in [1.807, 2.05) is 19.9 Å². The van der Waals surface area contributed by atoms with Crippen LogP contribution in [0.2, 0.25) is 0 Å². The van der Waals surface area contributed by atoms with Gasteiger partial charge in [0.15, 0.2) is 0 Å².